The van der Waals surface area contributed by atoms with Crippen LogP contribution in [0.5, 0.6) is 0 Å². The number of thioether (sulfide) groups is 1. The molecule has 0 N–H and O–H groups in total. The van der Waals surface area contributed by atoms with Gasteiger partial charge in [-0.3, -0.25) is 14.7 Å². The molecular formula is C14H10Cl2N2OS. The molecule has 3 rings (SSSR count). The van der Waals surface area contributed by atoms with Gasteiger partial charge >= 0.3 is 0 Å². The first-order valence-corrected chi connectivity index (χ1v) is 7.76. The van der Waals surface area contributed by atoms with Gasteiger partial charge in [-0.1, -0.05) is 29.3 Å². The fraction of sp³-hybridized carbons (Fsp3) is 0.143. The molecular weight excluding hydrogens is 315 g/mol. The van der Waals surface area contributed by atoms with E-state index < -0.39 is 0 Å². The van der Waals surface area contributed by atoms with E-state index in [1.54, 1.807) is 41.2 Å². The number of amides is 1. The number of carbonyl (C=O) groups is 1. The van der Waals surface area contributed by atoms with E-state index in [0.29, 0.717) is 15.8 Å². The van der Waals surface area contributed by atoms with Crippen molar-refractivity contribution in [1.82, 2.24) is 4.98 Å². The summed E-state index contributed by atoms with van der Waals surface area (Å²) >= 11 is 13.7. The zero-order valence-corrected chi connectivity index (χ0v) is 12.6. The van der Waals surface area contributed by atoms with Crippen LogP contribution in [-0.2, 0) is 4.79 Å². The third-order valence-corrected chi connectivity index (χ3v) is 4.78. The fourth-order valence-electron chi connectivity index (χ4n) is 2.13. The molecule has 1 aliphatic heterocycles. The third-order valence-electron chi connectivity index (χ3n) is 3.02. The second kappa shape index (κ2) is 5.64. The Hall–Kier alpha value is -1.23. The van der Waals surface area contributed by atoms with Gasteiger partial charge in [0.1, 0.15) is 5.37 Å². The summed E-state index contributed by atoms with van der Waals surface area (Å²) in [6, 6.07) is 9.03. The van der Waals surface area contributed by atoms with Crippen LogP contribution in [0.25, 0.3) is 0 Å². The van der Waals surface area contributed by atoms with Gasteiger partial charge in [0.05, 0.1) is 17.6 Å². The maximum atomic E-state index is 12.1. The van der Waals surface area contributed by atoms with Crippen LogP contribution in [-0.4, -0.2) is 16.6 Å². The summed E-state index contributed by atoms with van der Waals surface area (Å²) in [5.41, 5.74) is 1.66. The lowest BCUT2D eigenvalue weighted by Gasteiger charge is -2.24. The quantitative estimate of drug-likeness (QED) is 0.831. The molecule has 2 heterocycles. The number of hydrogen-bond donors (Lipinski definition) is 0. The molecule has 1 aromatic carbocycles. The summed E-state index contributed by atoms with van der Waals surface area (Å²) in [6.07, 6.45) is 3.36. The van der Waals surface area contributed by atoms with Gasteiger partial charge in [-0.2, -0.15) is 0 Å². The molecule has 1 atom stereocenters. The average Bonchev–Trinajstić information content (AvgIpc) is 2.81. The van der Waals surface area contributed by atoms with Crippen molar-refractivity contribution in [2.45, 2.75) is 5.37 Å². The van der Waals surface area contributed by atoms with E-state index in [2.05, 4.69) is 4.98 Å². The van der Waals surface area contributed by atoms with Crippen LogP contribution in [0.15, 0.2) is 42.7 Å². The van der Waals surface area contributed by atoms with Gasteiger partial charge < -0.3 is 0 Å². The number of carbonyl (C=O) groups excluding carboxylic acids is 1. The number of rotatable bonds is 2. The Labute approximate surface area is 130 Å². The van der Waals surface area contributed by atoms with Crippen LogP contribution in [0.1, 0.15) is 10.9 Å². The van der Waals surface area contributed by atoms with Crippen molar-refractivity contribution in [2.75, 3.05) is 10.7 Å². The number of hydrogen-bond acceptors (Lipinski definition) is 3. The van der Waals surface area contributed by atoms with Crippen LogP contribution < -0.4 is 4.90 Å². The van der Waals surface area contributed by atoms with E-state index >= 15 is 0 Å². The molecule has 0 saturated carbocycles. The minimum atomic E-state index is -0.142. The van der Waals surface area contributed by atoms with Gasteiger partial charge in [0, 0.05) is 21.8 Å². The largest absolute Gasteiger partial charge is 0.293 e. The van der Waals surface area contributed by atoms with E-state index in [1.807, 2.05) is 18.2 Å². The first kappa shape index (κ1) is 13.7. The molecule has 1 amide bonds. The summed E-state index contributed by atoms with van der Waals surface area (Å²) in [5.74, 6) is 0.484. The normalized spacial score (nSPS) is 18.6. The number of halogens is 2. The summed E-state index contributed by atoms with van der Waals surface area (Å²) in [6.45, 7) is 0. The first-order chi connectivity index (χ1) is 9.66. The lowest BCUT2D eigenvalue weighted by molar-refractivity contribution is -0.115. The zero-order chi connectivity index (χ0) is 14.1. The molecule has 1 saturated heterocycles. The SMILES string of the molecule is O=C1CSC(c2ccc(Cl)cc2Cl)N1c1cccnc1. The molecule has 0 spiro atoms. The summed E-state index contributed by atoms with van der Waals surface area (Å²) in [7, 11) is 0. The Kier molecular flexibility index (Phi) is 3.87. The standard InChI is InChI=1S/C14H10Cl2N2OS/c15-9-3-4-11(12(16)6-9)14-18(13(19)8-20-14)10-2-1-5-17-7-10/h1-7,14H,8H2. The maximum Gasteiger partial charge on any atom is 0.238 e. The molecule has 1 fully saturated rings. The molecule has 6 heteroatoms. The molecule has 1 aromatic heterocycles. The number of aromatic nitrogens is 1. The van der Waals surface area contributed by atoms with Gasteiger partial charge in [-0.15, -0.1) is 11.8 Å². The van der Waals surface area contributed by atoms with Gasteiger partial charge in [0.25, 0.3) is 0 Å². The molecule has 1 unspecified atom stereocenters. The number of nitrogens with zero attached hydrogens (tertiary/aromatic N) is 2. The molecule has 20 heavy (non-hydrogen) atoms. The van der Waals surface area contributed by atoms with E-state index in [9.17, 15) is 4.79 Å². The van der Waals surface area contributed by atoms with E-state index in [-0.39, 0.29) is 11.3 Å². The highest BCUT2D eigenvalue weighted by atomic mass is 35.5. The second-order valence-electron chi connectivity index (χ2n) is 4.30. The molecule has 1 aliphatic rings. The van der Waals surface area contributed by atoms with Gasteiger partial charge in [-0.05, 0) is 24.3 Å². The maximum absolute atomic E-state index is 12.1. The topological polar surface area (TPSA) is 33.2 Å². The van der Waals surface area contributed by atoms with E-state index in [4.69, 9.17) is 23.2 Å². The molecule has 0 bridgehead atoms. The highest BCUT2D eigenvalue weighted by Crippen LogP contribution is 2.44. The van der Waals surface area contributed by atoms with Crippen molar-refractivity contribution < 1.29 is 4.79 Å². The Morgan fingerprint density at radius 2 is 2.15 bits per heavy atom. The predicted molar refractivity (Wildman–Crippen MR) is 83.4 cm³/mol. The van der Waals surface area contributed by atoms with E-state index in [0.717, 1.165) is 11.3 Å². The summed E-state index contributed by atoms with van der Waals surface area (Å²) < 4.78 is 0. The highest BCUT2D eigenvalue weighted by Gasteiger charge is 2.35. The minimum absolute atomic E-state index is 0.0546. The van der Waals surface area contributed by atoms with Crippen molar-refractivity contribution in [3.63, 3.8) is 0 Å². The van der Waals surface area contributed by atoms with Crippen LogP contribution >= 0.6 is 35.0 Å². The Morgan fingerprint density at radius 1 is 1.30 bits per heavy atom. The van der Waals surface area contributed by atoms with Crippen molar-refractivity contribution in [3.05, 3.63) is 58.3 Å². The molecule has 3 nitrogen and oxygen atoms in total. The molecule has 102 valence electrons. The van der Waals surface area contributed by atoms with Crippen LogP contribution in [0.2, 0.25) is 10.0 Å². The lowest BCUT2D eigenvalue weighted by Crippen LogP contribution is -2.28. The molecule has 2 aromatic rings. The third kappa shape index (κ3) is 2.51. The fourth-order valence-corrected chi connectivity index (χ4v) is 3.92. The van der Waals surface area contributed by atoms with Gasteiger partial charge in [0.2, 0.25) is 5.91 Å². The Bertz CT molecular complexity index is 651. The smallest absolute Gasteiger partial charge is 0.238 e. The summed E-state index contributed by atoms with van der Waals surface area (Å²) in [4.78, 5) is 17.9. The first-order valence-electron chi connectivity index (χ1n) is 5.95. The molecule has 0 aliphatic carbocycles. The Balaban J connectivity index is 2.02. The van der Waals surface area contributed by atoms with Crippen molar-refractivity contribution in [3.8, 4) is 0 Å². The minimum Gasteiger partial charge on any atom is -0.293 e. The van der Waals surface area contributed by atoms with Gasteiger partial charge in [-0.25, -0.2) is 0 Å². The zero-order valence-electron chi connectivity index (χ0n) is 10.3. The number of anilines is 1. The van der Waals surface area contributed by atoms with E-state index in [1.165, 1.54) is 0 Å². The number of benzene rings is 1. The van der Waals surface area contributed by atoms with Crippen molar-refractivity contribution >= 4 is 46.6 Å². The van der Waals surface area contributed by atoms with Crippen molar-refractivity contribution in [1.29, 1.82) is 0 Å². The predicted octanol–water partition coefficient (Wildman–Crippen LogP) is 4.17. The monoisotopic (exact) mass is 324 g/mol. The molecule has 0 radical (unpaired) electrons. The Morgan fingerprint density at radius 3 is 2.85 bits per heavy atom. The lowest BCUT2D eigenvalue weighted by atomic mass is 10.2. The van der Waals surface area contributed by atoms with Gasteiger partial charge in [0.15, 0.2) is 0 Å². The number of pyridine rings is 1. The van der Waals surface area contributed by atoms with Crippen molar-refractivity contribution in [2.24, 2.45) is 0 Å². The summed E-state index contributed by atoms with van der Waals surface area (Å²) in [5, 5.41) is 1.01. The average molecular weight is 325 g/mol. The van der Waals surface area contributed by atoms with Crippen LogP contribution in [0.3, 0.4) is 0 Å². The highest BCUT2D eigenvalue weighted by molar-refractivity contribution is 8.00. The van der Waals surface area contributed by atoms with Crippen LogP contribution in [0, 0.1) is 0 Å². The van der Waals surface area contributed by atoms with Crippen LogP contribution in [0.4, 0.5) is 5.69 Å². The second-order valence-corrected chi connectivity index (χ2v) is 6.22.